The molecule has 1 aromatic heterocycles. The number of rotatable bonds is 3. The fourth-order valence-corrected chi connectivity index (χ4v) is 1.58. The third kappa shape index (κ3) is 2.77. The van der Waals surface area contributed by atoms with Crippen LogP contribution in [0.4, 0.5) is 0 Å². The first-order chi connectivity index (χ1) is 8.69. The lowest BCUT2D eigenvalue weighted by molar-refractivity contribution is 0.0922. The summed E-state index contributed by atoms with van der Waals surface area (Å²) in [5.41, 5.74) is 1.46. The quantitative estimate of drug-likeness (QED) is 0.895. The minimum atomic E-state index is -0.259. The van der Waals surface area contributed by atoms with Gasteiger partial charge < -0.3 is 9.73 Å². The van der Waals surface area contributed by atoms with Crippen LogP contribution in [0.25, 0.3) is 0 Å². The predicted molar refractivity (Wildman–Crippen MR) is 65.8 cm³/mol. The van der Waals surface area contributed by atoms with Gasteiger partial charge in [0.15, 0.2) is 5.76 Å². The van der Waals surface area contributed by atoms with Crippen LogP contribution in [0.15, 0.2) is 40.8 Å². The number of carbonyl (C=O) groups is 1. The highest BCUT2D eigenvalue weighted by atomic mass is 16.3. The number of nitriles is 1. The molecule has 0 fully saturated rings. The van der Waals surface area contributed by atoms with Crippen LogP contribution in [-0.4, -0.2) is 5.91 Å². The number of carbonyl (C=O) groups excluding carboxylic acids is 1. The van der Waals surface area contributed by atoms with E-state index in [-0.39, 0.29) is 5.91 Å². The Kier molecular flexibility index (Phi) is 3.44. The van der Waals surface area contributed by atoms with Gasteiger partial charge in [-0.25, -0.2) is 0 Å². The molecule has 0 saturated carbocycles. The van der Waals surface area contributed by atoms with E-state index in [9.17, 15) is 4.79 Å². The zero-order valence-electron chi connectivity index (χ0n) is 9.93. The molecule has 0 saturated heterocycles. The maximum Gasteiger partial charge on any atom is 0.287 e. The van der Waals surface area contributed by atoms with Crippen LogP contribution >= 0.6 is 0 Å². The minimum Gasteiger partial charge on any atom is -0.456 e. The molecule has 18 heavy (non-hydrogen) atoms. The second-order valence-electron chi connectivity index (χ2n) is 3.91. The summed E-state index contributed by atoms with van der Waals surface area (Å²) in [7, 11) is 0. The fourth-order valence-electron chi connectivity index (χ4n) is 1.58. The molecule has 0 aliphatic carbocycles. The Bertz CT molecular complexity index is 608. The van der Waals surface area contributed by atoms with Crippen molar-refractivity contribution in [1.29, 1.82) is 5.26 Å². The third-order valence-electron chi connectivity index (χ3n) is 2.47. The first kappa shape index (κ1) is 11.9. The van der Waals surface area contributed by atoms with E-state index in [0.717, 1.165) is 5.56 Å². The number of nitrogens with zero attached hydrogens (tertiary/aromatic N) is 1. The van der Waals surface area contributed by atoms with Crippen molar-refractivity contribution in [2.45, 2.75) is 13.5 Å². The molecule has 2 aromatic rings. The van der Waals surface area contributed by atoms with Gasteiger partial charge in [0.25, 0.3) is 5.91 Å². The Balaban J connectivity index is 1.99. The van der Waals surface area contributed by atoms with Gasteiger partial charge in [0.2, 0.25) is 0 Å². The van der Waals surface area contributed by atoms with Crippen LogP contribution in [0.3, 0.4) is 0 Å². The summed E-state index contributed by atoms with van der Waals surface area (Å²) >= 11 is 0. The van der Waals surface area contributed by atoms with E-state index in [1.54, 1.807) is 37.3 Å². The van der Waals surface area contributed by atoms with Crippen LogP contribution in [0.1, 0.15) is 27.4 Å². The third-order valence-corrected chi connectivity index (χ3v) is 2.47. The molecule has 4 nitrogen and oxygen atoms in total. The first-order valence-corrected chi connectivity index (χ1v) is 5.53. The second-order valence-corrected chi connectivity index (χ2v) is 3.91. The van der Waals surface area contributed by atoms with Gasteiger partial charge in [-0.2, -0.15) is 5.26 Å². The molecule has 4 heteroatoms. The summed E-state index contributed by atoms with van der Waals surface area (Å²) in [5, 5.41) is 11.5. The van der Waals surface area contributed by atoms with Crippen molar-refractivity contribution in [3.8, 4) is 6.07 Å². The maximum absolute atomic E-state index is 11.7. The Morgan fingerprint density at radius 3 is 2.89 bits per heavy atom. The van der Waals surface area contributed by atoms with Gasteiger partial charge in [0.1, 0.15) is 5.76 Å². The van der Waals surface area contributed by atoms with Gasteiger partial charge in [-0.1, -0.05) is 12.1 Å². The van der Waals surface area contributed by atoms with Gasteiger partial charge in [-0.05, 0) is 36.8 Å². The van der Waals surface area contributed by atoms with E-state index in [1.165, 1.54) is 0 Å². The topological polar surface area (TPSA) is 66.0 Å². The predicted octanol–water partition coefficient (Wildman–Crippen LogP) is 2.39. The molecular weight excluding hydrogens is 228 g/mol. The summed E-state index contributed by atoms with van der Waals surface area (Å²) < 4.78 is 5.21. The van der Waals surface area contributed by atoms with Crippen molar-refractivity contribution in [3.63, 3.8) is 0 Å². The van der Waals surface area contributed by atoms with Crippen LogP contribution in [-0.2, 0) is 6.54 Å². The summed E-state index contributed by atoms with van der Waals surface area (Å²) in [5.74, 6) is 0.737. The molecule has 0 aliphatic rings. The standard InChI is InChI=1S/C14H12N2O2/c1-10-5-6-13(18-10)14(17)16-9-12-4-2-3-11(7-12)8-15/h2-7H,9H2,1H3,(H,16,17). The number of nitrogens with one attached hydrogen (secondary N) is 1. The van der Waals surface area contributed by atoms with Gasteiger partial charge >= 0.3 is 0 Å². The lowest BCUT2D eigenvalue weighted by Crippen LogP contribution is -2.22. The number of aryl methyl sites for hydroxylation is 1. The van der Waals surface area contributed by atoms with Crippen molar-refractivity contribution in [3.05, 3.63) is 59.0 Å². The van der Waals surface area contributed by atoms with Gasteiger partial charge in [0, 0.05) is 6.54 Å². The van der Waals surface area contributed by atoms with Gasteiger partial charge in [0.05, 0.1) is 11.6 Å². The lowest BCUT2D eigenvalue weighted by Gasteiger charge is -2.03. The molecule has 0 bridgehead atoms. The molecule has 1 heterocycles. The summed E-state index contributed by atoms with van der Waals surface area (Å²) in [4.78, 5) is 11.7. The highest BCUT2D eigenvalue weighted by Crippen LogP contribution is 2.07. The Labute approximate surface area is 105 Å². The molecule has 0 atom stereocenters. The van der Waals surface area contributed by atoms with Crippen molar-refractivity contribution in [2.75, 3.05) is 0 Å². The van der Waals surface area contributed by atoms with Gasteiger partial charge in [-0.15, -0.1) is 0 Å². The Morgan fingerprint density at radius 2 is 2.22 bits per heavy atom. The summed E-state index contributed by atoms with van der Waals surface area (Å²) in [6, 6.07) is 12.5. The van der Waals surface area contributed by atoms with Crippen molar-refractivity contribution in [2.24, 2.45) is 0 Å². The van der Waals surface area contributed by atoms with Crippen molar-refractivity contribution < 1.29 is 9.21 Å². The molecule has 90 valence electrons. The van der Waals surface area contributed by atoms with Crippen LogP contribution < -0.4 is 5.32 Å². The van der Waals surface area contributed by atoms with Gasteiger partial charge in [-0.3, -0.25) is 4.79 Å². The first-order valence-electron chi connectivity index (χ1n) is 5.53. The monoisotopic (exact) mass is 240 g/mol. The number of furan rings is 1. The molecule has 1 aromatic carbocycles. The molecule has 1 amide bonds. The smallest absolute Gasteiger partial charge is 0.287 e. The molecule has 1 N–H and O–H groups in total. The van der Waals surface area contributed by atoms with E-state index in [0.29, 0.717) is 23.6 Å². The SMILES string of the molecule is Cc1ccc(C(=O)NCc2cccc(C#N)c2)o1. The second kappa shape index (κ2) is 5.19. The summed E-state index contributed by atoms with van der Waals surface area (Å²) in [6.45, 7) is 2.15. The van der Waals surface area contributed by atoms with Crippen LogP contribution in [0, 0.1) is 18.3 Å². The largest absolute Gasteiger partial charge is 0.456 e. The van der Waals surface area contributed by atoms with Crippen molar-refractivity contribution in [1.82, 2.24) is 5.32 Å². The molecular formula is C14H12N2O2. The van der Waals surface area contributed by atoms with Crippen molar-refractivity contribution >= 4 is 5.91 Å². The molecule has 0 spiro atoms. The molecule has 0 aliphatic heterocycles. The normalized spacial score (nSPS) is 9.78. The van der Waals surface area contributed by atoms with E-state index in [1.807, 2.05) is 6.07 Å². The highest BCUT2D eigenvalue weighted by Gasteiger charge is 2.09. The number of benzene rings is 1. The summed E-state index contributed by atoms with van der Waals surface area (Å²) in [6.07, 6.45) is 0. The molecule has 2 rings (SSSR count). The zero-order chi connectivity index (χ0) is 13.0. The number of hydrogen-bond acceptors (Lipinski definition) is 3. The van der Waals surface area contributed by atoms with Crippen LogP contribution in [0.5, 0.6) is 0 Å². The highest BCUT2D eigenvalue weighted by molar-refractivity contribution is 5.91. The van der Waals surface area contributed by atoms with E-state index >= 15 is 0 Å². The Hall–Kier alpha value is -2.54. The number of amides is 1. The maximum atomic E-state index is 11.7. The van der Waals surface area contributed by atoms with Crippen LogP contribution in [0.2, 0.25) is 0 Å². The Morgan fingerprint density at radius 1 is 1.39 bits per heavy atom. The average molecular weight is 240 g/mol. The molecule has 0 unspecified atom stereocenters. The fraction of sp³-hybridized carbons (Fsp3) is 0.143. The number of hydrogen-bond donors (Lipinski definition) is 1. The van der Waals surface area contributed by atoms with E-state index < -0.39 is 0 Å². The minimum absolute atomic E-state index is 0.259. The lowest BCUT2D eigenvalue weighted by atomic mass is 10.1. The van der Waals surface area contributed by atoms with E-state index in [2.05, 4.69) is 11.4 Å². The van der Waals surface area contributed by atoms with E-state index in [4.69, 9.17) is 9.68 Å². The average Bonchev–Trinajstić information content (AvgIpc) is 2.83. The zero-order valence-corrected chi connectivity index (χ0v) is 9.93. The molecule has 0 radical (unpaired) electrons.